The molecule has 1 amide bonds. The molecule has 176 valence electrons. The number of benzene rings is 1. The molecule has 7 heteroatoms. The summed E-state index contributed by atoms with van der Waals surface area (Å²) in [6, 6.07) is 3.57. The number of hydrogen-bond acceptors (Lipinski definition) is 6. The van der Waals surface area contributed by atoms with Gasteiger partial charge < -0.3 is 25.2 Å². The Hall–Kier alpha value is -2.28. The van der Waals surface area contributed by atoms with Crippen LogP contribution in [0.25, 0.3) is 0 Å². The molecule has 2 bridgehead atoms. The Balaban J connectivity index is 1.35. The van der Waals surface area contributed by atoms with E-state index in [0.717, 1.165) is 24.8 Å². The zero-order chi connectivity index (χ0) is 23.3. The predicted molar refractivity (Wildman–Crippen MR) is 120 cm³/mol. The number of nitrogens with zero attached hydrogens (tertiary/aromatic N) is 1. The quantitative estimate of drug-likeness (QED) is 0.460. The minimum absolute atomic E-state index is 0.00525. The van der Waals surface area contributed by atoms with Gasteiger partial charge in [0.15, 0.2) is 11.5 Å². The second kappa shape index (κ2) is 8.25. The average molecular weight is 445 g/mol. The highest BCUT2D eigenvalue weighted by Crippen LogP contribution is 2.66. The fourth-order valence-corrected chi connectivity index (χ4v) is 6.09. The van der Waals surface area contributed by atoms with Gasteiger partial charge in [0.1, 0.15) is 12.1 Å². The molecule has 3 aliphatic rings. The molecule has 2 saturated carbocycles. The number of hydrogen-bond donors (Lipinski definition) is 3. The molecule has 1 saturated heterocycles. The van der Waals surface area contributed by atoms with Gasteiger partial charge in [-0.2, -0.15) is 0 Å². The number of phenolic OH excluding ortho intramolecular Hbond substituents is 2. The molecule has 0 aromatic heterocycles. The van der Waals surface area contributed by atoms with Crippen LogP contribution in [0.4, 0.5) is 0 Å². The summed E-state index contributed by atoms with van der Waals surface area (Å²) >= 11 is 0. The summed E-state index contributed by atoms with van der Waals surface area (Å²) in [7, 11) is 0. The summed E-state index contributed by atoms with van der Waals surface area (Å²) in [5.74, 6) is -0.157. The maximum Gasteiger partial charge on any atom is 0.329 e. The summed E-state index contributed by atoms with van der Waals surface area (Å²) in [5, 5.41) is 22.2. The van der Waals surface area contributed by atoms with Crippen molar-refractivity contribution in [2.75, 3.05) is 6.54 Å². The van der Waals surface area contributed by atoms with Crippen LogP contribution in [0.3, 0.4) is 0 Å². The zero-order valence-electron chi connectivity index (χ0n) is 19.6. The van der Waals surface area contributed by atoms with Crippen molar-refractivity contribution in [2.24, 2.45) is 16.7 Å². The Labute approximate surface area is 190 Å². The summed E-state index contributed by atoms with van der Waals surface area (Å²) in [5.41, 5.74) is 0.930. The minimum Gasteiger partial charge on any atom is -0.504 e. The van der Waals surface area contributed by atoms with E-state index in [9.17, 15) is 19.8 Å². The van der Waals surface area contributed by atoms with Gasteiger partial charge in [-0.3, -0.25) is 4.79 Å². The van der Waals surface area contributed by atoms with Gasteiger partial charge in [0.05, 0.1) is 6.04 Å². The molecular formula is C25H36N2O5. The normalized spacial score (nSPS) is 31.6. The molecule has 5 atom stereocenters. The number of phenols is 2. The first-order chi connectivity index (χ1) is 15.0. The zero-order valence-corrected chi connectivity index (χ0v) is 19.6. The fourth-order valence-electron chi connectivity index (χ4n) is 6.09. The molecule has 5 unspecified atom stereocenters. The number of esters is 1. The maximum atomic E-state index is 13.1. The first kappa shape index (κ1) is 22.9. The van der Waals surface area contributed by atoms with E-state index in [2.05, 4.69) is 26.1 Å². The Morgan fingerprint density at radius 1 is 1.22 bits per heavy atom. The number of amides is 1. The second-order valence-electron chi connectivity index (χ2n) is 10.7. The van der Waals surface area contributed by atoms with E-state index >= 15 is 0 Å². The van der Waals surface area contributed by atoms with Crippen molar-refractivity contribution >= 4 is 11.9 Å². The molecule has 3 fully saturated rings. The molecule has 4 rings (SSSR count). The van der Waals surface area contributed by atoms with E-state index in [1.165, 1.54) is 18.6 Å². The number of ether oxygens (including phenoxy) is 1. The van der Waals surface area contributed by atoms with Crippen LogP contribution >= 0.6 is 0 Å². The molecule has 2 aliphatic carbocycles. The molecule has 0 spiro atoms. The van der Waals surface area contributed by atoms with Gasteiger partial charge in [-0.15, -0.1) is 0 Å². The first-order valence-corrected chi connectivity index (χ1v) is 11.8. The number of fused-ring (bicyclic) bond motifs is 2. The van der Waals surface area contributed by atoms with Crippen LogP contribution in [0.1, 0.15) is 65.4 Å². The predicted octanol–water partition coefficient (Wildman–Crippen LogP) is 3.32. The lowest BCUT2D eigenvalue weighted by molar-refractivity contribution is -0.165. The molecule has 1 aromatic carbocycles. The molecular weight excluding hydrogens is 408 g/mol. The molecule has 7 nitrogen and oxygen atoms in total. The highest BCUT2D eigenvalue weighted by atomic mass is 16.5. The highest BCUT2D eigenvalue weighted by molar-refractivity contribution is 5.88. The Kier molecular flexibility index (Phi) is 5.90. The van der Waals surface area contributed by atoms with Gasteiger partial charge in [0, 0.05) is 18.5 Å². The fraction of sp³-hybridized carbons (Fsp3) is 0.680. The van der Waals surface area contributed by atoms with E-state index in [1.807, 2.05) is 0 Å². The molecule has 1 heterocycles. The summed E-state index contributed by atoms with van der Waals surface area (Å²) < 4.78 is 6.08. The number of aromatic hydroxyl groups is 2. The number of nitrogens with one attached hydrogen (secondary N) is 1. The third-order valence-corrected chi connectivity index (χ3v) is 8.80. The maximum absolute atomic E-state index is 13.1. The van der Waals surface area contributed by atoms with E-state index in [4.69, 9.17) is 4.74 Å². The van der Waals surface area contributed by atoms with Gasteiger partial charge in [0.25, 0.3) is 0 Å². The third-order valence-electron chi connectivity index (χ3n) is 8.80. The number of rotatable bonds is 6. The molecule has 3 N–H and O–H groups in total. The smallest absolute Gasteiger partial charge is 0.329 e. The van der Waals surface area contributed by atoms with Crippen molar-refractivity contribution in [3.63, 3.8) is 0 Å². The van der Waals surface area contributed by atoms with Crippen LogP contribution in [-0.2, 0) is 20.9 Å². The lowest BCUT2D eigenvalue weighted by atomic mass is 9.70. The molecule has 0 radical (unpaired) electrons. The van der Waals surface area contributed by atoms with Gasteiger partial charge in [-0.1, -0.05) is 26.8 Å². The van der Waals surface area contributed by atoms with Gasteiger partial charge in [-0.25, -0.2) is 4.79 Å². The Bertz CT molecular complexity index is 900. The van der Waals surface area contributed by atoms with Crippen LogP contribution in [0.5, 0.6) is 11.5 Å². The SMILES string of the molecule is CC(NCc1ccc(O)c(O)c1)C(=O)N1CCCC1C(=O)OC1CC2CCC1(C)C2(C)C. The van der Waals surface area contributed by atoms with Crippen molar-refractivity contribution in [3.05, 3.63) is 23.8 Å². The van der Waals surface area contributed by atoms with E-state index in [-0.39, 0.29) is 40.3 Å². The summed E-state index contributed by atoms with van der Waals surface area (Å²) in [6.45, 7) is 9.54. The van der Waals surface area contributed by atoms with Crippen molar-refractivity contribution in [1.29, 1.82) is 0 Å². The van der Waals surface area contributed by atoms with E-state index in [0.29, 0.717) is 25.4 Å². The lowest BCUT2D eigenvalue weighted by Gasteiger charge is -2.39. The van der Waals surface area contributed by atoms with Crippen LogP contribution in [0.15, 0.2) is 18.2 Å². The summed E-state index contributed by atoms with van der Waals surface area (Å²) in [6.07, 6.45) is 4.57. The average Bonchev–Trinajstić information content (AvgIpc) is 3.37. The van der Waals surface area contributed by atoms with Crippen LogP contribution in [-0.4, -0.2) is 51.7 Å². The highest BCUT2D eigenvalue weighted by Gasteiger charge is 2.63. The number of carbonyl (C=O) groups is 2. The van der Waals surface area contributed by atoms with Crippen LogP contribution in [0.2, 0.25) is 0 Å². The minimum atomic E-state index is -0.518. The van der Waals surface area contributed by atoms with Crippen molar-refractivity contribution in [2.45, 2.75) is 84.5 Å². The first-order valence-electron chi connectivity index (χ1n) is 11.8. The van der Waals surface area contributed by atoms with Crippen LogP contribution < -0.4 is 5.32 Å². The van der Waals surface area contributed by atoms with E-state index < -0.39 is 12.1 Å². The molecule has 1 aliphatic heterocycles. The van der Waals surface area contributed by atoms with E-state index in [1.54, 1.807) is 17.9 Å². The molecule has 1 aromatic rings. The lowest BCUT2D eigenvalue weighted by Crippen LogP contribution is -2.50. The standard InChI is InChI=1S/C25H36N2O5/c1-15(26-14-16-7-8-19(28)20(29)12-16)22(30)27-11-5-6-18(27)23(31)32-21-13-17-9-10-25(21,4)24(17,2)3/h7-8,12,15,17-18,21,26,28-29H,5-6,9-11,13-14H2,1-4H3. The summed E-state index contributed by atoms with van der Waals surface area (Å²) in [4.78, 5) is 27.9. The topological polar surface area (TPSA) is 99.1 Å². The third kappa shape index (κ3) is 3.74. The van der Waals surface area contributed by atoms with Gasteiger partial charge >= 0.3 is 5.97 Å². The number of carbonyl (C=O) groups excluding carboxylic acids is 2. The molecule has 32 heavy (non-hydrogen) atoms. The van der Waals surface area contributed by atoms with Crippen molar-refractivity contribution < 1.29 is 24.5 Å². The van der Waals surface area contributed by atoms with Crippen molar-refractivity contribution in [3.8, 4) is 11.5 Å². The second-order valence-corrected chi connectivity index (χ2v) is 10.7. The monoisotopic (exact) mass is 444 g/mol. The Morgan fingerprint density at radius 3 is 2.59 bits per heavy atom. The Morgan fingerprint density at radius 2 is 1.97 bits per heavy atom. The van der Waals surface area contributed by atoms with Crippen LogP contribution in [0, 0.1) is 16.7 Å². The largest absolute Gasteiger partial charge is 0.504 e. The number of likely N-dealkylation sites (tertiary alicyclic amines) is 1. The van der Waals surface area contributed by atoms with Gasteiger partial charge in [-0.05, 0) is 68.1 Å². The van der Waals surface area contributed by atoms with Gasteiger partial charge in [0.2, 0.25) is 5.91 Å². The van der Waals surface area contributed by atoms with Crippen molar-refractivity contribution in [1.82, 2.24) is 10.2 Å².